The summed E-state index contributed by atoms with van der Waals surface area (Å²) in [5, 5.41) is 28.6. The molecule has 1 aliphatic rings. The number of nitrogens with two attached hydrogens (primary N) is 2. The summed E-state index contributed by atoms with van der Waals surface area (Å²) in [7, 11) is 0. The zero-order valence-electron chi connectivity index (χ0n) is 10.2. The largest absolute Gasteiger partial charge is 0.394 e. The van der Waals surface area contributed by atoms with Gasteiger partial charge in [0.25, 0.3) is 0 Å². The van der Waals surface area contributed by atoms with E-state index in [1.165, 1.54) is 6.20 Å². The van der Waals surface area contributed by atoms with Crippen molar-refractivity contribution >= 4 is 5.82 Å². The van der Waals surface area contributed by atoms with Gasteiger partial charge >= 0.3 is 5.69 Å². The van der Waals surface area contributed by atoms with Crippen molar-refractivity contribution in [2.75, 3.05) is 12.3 Å². The lowest BCUT2D eigenvalue weighted by Crippen LogP contribution is -2.57. The summed E-state index contributed by atoms with van der Waals surface area (Å²) < 4.78 is 6.04. The SMILES string of the molecule is Cc1cn([C@]2(N)O[C@H](CO)[C@@H](O)[C@H]2O)c(=O)nc1N. The average Bonchev–Trinajstić information content (AvgIpc) is 2.59. The van der Waals surface area contributed by atoms with Gasteiger partial charge in [-0.1, -0.05) is 0 Å². The van der Waals surface area contributed by atoms with Gasteiger partial charge in [0.2, 0.25) is 5.85 Å². The molecular formula is C10H16N4O5. The average molecular weight is 272 g/mol. The van der Waals surface area contributed by atoms with E-state index in [-0.39, 0.29) is 5.82 Å². The van der Waals surface area contributed by atoms with Crippen LogP contribution in [-0.2, 0) is 10.6 Å². The monoisotopic (exact) mass is 272 g/mol. The van der Waals surface area contributed by atoms with Gasteiger partial charge in [-0.25, -0.2) is 4.79 Å². The summed E-state index contributed by atoms with van der Waals surface area (Å²) in [5.74, 6) is -1.97. The van der Waals surface area contributed by atoms with Gasteiger partial charge in [-0.15, -0.1) is 0 Å². The number of hydrogen-bond acceptors (Lipinski definition) is 8. The van der Waals surface area contributed by atoms with E-state index in [1.54, 1.807) is 6.92 Å². The standard InChI is InChI=1S/C10H16N4O5/c1-4-2-14(9(18)13-8(4)11)10(12)7(17)6(16)5(3-15)19-10/h2,5-7,15-17H,3,12H2,1H3,(H2,11,13,18)/t5-,6-,7-,10+/m1/s1. The molecule has 0 aliphatic carbocycles. The van der Waals surface area contributed by atoms with Gasteiger partial charge in [-0.05, 0) is 6.92 Å². The lowest BCUT2D eigenvalue weighted by molar-refractivity contribution is -0.146. The summed E-state index contributed by atoms with van der Waals surface area (Å²) in [6, 6.07) is 0. The maximum absolute atomic E-state index is 11.8. The van der Waals surface area contributed by atoms with Crippen LogP contribution in [0, 0.1) is 6.92 Å². The van der Waals surface area contributed by atoms with Gasteiger partial charge in [0.1, 0.15) is 24.1 Å². The second-order valence-electron chi connectivity index (χ2n) is 4.49. The minimum absolute atomic E-state index is 0.0385. The topological polar surface area (TPSA) is 157 Å². The van der Waals surface area contributed by atoms with E-state index in [1.807, 2.05) is 0 Å². The van der Waals surface area contributed by atoms with Crippen LogP contribution >= 0.6 is 0 Å². The fraction of sp³-hybridized carbons (Fsp3) is 0.600. The smallest absolute Gasteiger partial charge is 0.353 e. The molecule has 0 bridgehead atoms. The van der Waals surface area contributed by atoms with E-state index in [2.05, 4.69) is 4.98 Å². The van der Waals surface area contributed by atoms with Gasteiger partial charge in [-0.3, -0.25) is 10.3 Å². The number of rotatable bonds is 2. The second kappa shape index (κ2) is 4.54. The van der Waals surface area contributed by atoms with Crippen LogP contribution < -0.4 is 17.2 Å². The molecule has 2 rings (SSSR count). The lowest BCUT2D eigenvalue weighted by atomic mass is 10.1. The Morgan fingerprint density at radius 3 is 2.74 bits per heavy atom. The Balaban J connectivity index is 2.52. The number of aliphatic hydroxyl groups excluding tert-OH is 3. The predicted molar refractivity (Wildman–Crippen MR) is 63.8 cm³/mol. The Hall–Kier alpha value is -1.52. The first-order valence-electron chi connectivity index (χ1n) is 5.61. The third-order valence-electron chi connectivity index (χ3n) is 3.17. The number of aryl methyl sites for hydroxylation is 1. The first kappa shape index (κ1) is 13.9. The molecule has 19 heavy (non-hydrogen) atoms. The molecule has 1 fully saturated rings. The van der Waals surface area contributed by atoms with Crippen molar-refractivity contribution in [1.82, 2.24) is 9.55 Å². The van der Waals surface area contributed by atoms with Crippen molar-refractivity contribution in [3.63, 3.8) is 0 Å². The molecule has 1 aromatic rings. The highest BCUT2D eigenvalue weighted by atomic mass is 16.6. The number of aromatic nitrogens is 2. The fourth-order valence-electron chi connectivity index (χ4n) is 1.98. The van der Waals surface area contributed by atoms with Crippen LogP contribution in [0.1, 0.15) is 5.56 Å². The summed E-state index contributed by atoms with van der Waals surface area (Å²) in [4.78, 5) is 15.3. The molecular weight excluding hydrogens is 256 g/mol. The highest BCUT2D eigenvalue weighted by Crippen LogP contribution is 2.30. The number of anilines is 1. The number of hydrogen-bond donors (Lipinski definition) is 5. The normalized spacial score (nSPS) is 34.7. The quantitative estimate of drug-likeness (QED) is 0.377. The molecule has 0 unspecified atom stereocenters. The van der Waals surface area contributed by atoms with Crippen molar-refractivity contribution in [1.29, 1.82) is 0 Å². The van der Waals surface area contributed by atoms with Crippen molar-refractivity contribution in [2.45, 2.75) is 31.1 Å². The molecule has 9 nitrogen and oxygen atoms in total. The van der Waals surface area contributed by atoms with E-state index in [0.29, 0.717) is 5.56 Å². The van der Waals surface area contributed by atoms with Crippen LogP contribution in [0.3, 0.4) is 0 Å². The molecule has 1 aliphatic heterocycles. The van der Waals surface area contributed by atoms with E-state index in [4.69, 9.17) is 21.3 Å². The van der Waals surface area contributed by atoms with Crippen molar-refractivity contribution in [3.05, 3.63) is 22.2 Å². The van der Waals surface area contributed by atoms with Crippen LogP contribution in [0.5, 0.6) is 0 Å². The van der Waals surface area contributed by atoms with E-state index in [0.717, 1.165) is 4.57 Å². The maximum Gasteiger partial charge on any atom is 0.353 e. The Labute approximate surface area is 108 Å². The molecule has 0 saturated carbocycles. The summed E-state index contributed by atoms with van der Waals surface area (Å²) in [5.41, 5.74) is 11.0. The van der Waals surface area contributed by atoms with Crippen LogP contribution in [0.25, 0.3) is 0 Å². The Kier molecular flexibility index (Phi) is 3.32. The number of nitrogens with zero attached hydrogens (tertiary/aromatic N) is 2. The molecule has 0 amide bonds. The summed E-state index contributed by atoms with van der Waals surface area (Å²) >= 11 is 0. The minimum Gasteiger partial charge on any atom is -0.394 e. The van der Waals surface area contributed by atoms with E-state index >= 15 is 0 Å². The third kappa shape index (κ3) is 2.01. The molecule has 0 spiro atoms. The fourth-order valence-corrected chi connectivity index (χ4v) is 1.98. The Bertz CT molecular complexity index is 547. The molecule has 1 aromatic heterocycles. The van der Waals surface area contributed by atoms with Gasteiger partial charge in [0, 0.05) is 11.8 Å². The van der Waals surface area contributed by atoms with E-state index in [9.17, 15) is 15.0 Å². The van der Waals surface area contributed by atoms with Gasteiger partial charge < -0.3 is 25.8 Å². The Morgan fingerprint density at radius 1 is 1.58 bits per heavy atom. The predicted octanol–water partition coefficient (Wildman–Crippen LogP) is -3.18. The number of aliphatic hydroxyl groups is 3. The molecule has 1 saturated heterocycles. The zero-order chi connectivity index (χ0) is 14.4. The third-order valence-corrected chi connectivity index (χ3v) is 3.17. The van der Waals surface area contributed by atoms with Crippen molar-refractivity contribution in [3.8, 4) is 0 Å². The van der Waals surface area contributed by atoms with Crippen LogP contribution in [0.2, 0.25) is 0 Å². The van der Waals surface area contributed by atoms with Gasteiger partial charge in [0.15, 0.2) is 0 Å². The molecule has 2 heterocycles. The van der Waals surface area contributed by atoms with Gasteiger partial charge in [0.05, 0.1) is 6.61 Å². The highest BCUT2D eigenvalue weighted by molar-refractivity contribution is 5.35. The van der Waals surface area contributed by atoms with Crippen molar-refractivity contribution in [2.24, 2.45) is 5.73 Å². The summed E-state index contributed by atoms with van der Waals surface area (Å²) in [6.07, 6.45) is -2.82. The van der Waals surface area contributed by atoms with Gasteiger partial charge in [-0.2, -0.15) is 4.98 Å². The lowest BCUT2D eigenvalue weighted by Gasteiger charge is -2.29. The van der Waals surface area contributed by atoms with Crippen LogP contribution in [0.4, 0.5) is 5.82 Å². The molecule has 0 radical (unpaired) electrons. The van der Waals surface area contributed by atoms with E-state index < -0.39 is 36.5 Å². The first-order chi connectivity index (χ1) is 8.81. The molecule has 4 atom stereocenters. The molecule has 7 N–H and O–H groups in total. The Morgan fingerprint density at radius 2 is 2.21 bits per heavy atom. The summed E-state index contributed by atoms with van der Waals surface area (Å²) in [6.45, 7) is 1.05. The maximum atomic E-state index is 11.8. The second-order valence-corrected chi connectivity index (χ2v) is 4.49. The zero-order valence-corrected chi connectivity index (χ0v) is 10.2. The van der Waals surface area contributed by atoms with Crippen LogP contribution in [0.15, 0.2) is 11.0 Å². The minimum atomic E-state index is -2.00. The first-order valence-corrected chi connectivity index (χ1v) is 5.61. The number of nitrogen functional groups attached to an aromatic ring is 1. The highest BCUT2D eigenvalue weighted by Gasteiger charge is 2.53. The number of ether oxygens (including phenoxy) is 1. The molecule has 106 valence electrons. The molecule has 0 aromatic carbocycles. The van der Waals surface area contributed by atoms with Crippen molar-refractivity contribution < 1.29 is 20.1 Å². The van der Waals surface area contributed by atoms with Crippen LogP contribution in [-0.4, -0.2) is 49.8 Å². The molecule has 9 heteroatoms.